The lowest BCUT2D eigenvalue weighted by molar-refractivity contribution is -0.130. The molecule has 2 heterocycles. The molecule has 1 saturated heterocycles. The summed E-state index contributed by atoms with van der Waals surface area (Å²) in [5.74, 6) is 1.24. The number of nitrogens with zero attached hydrogens (tertiary/aromatic N) is 3. The molecule has 0 spiro atoms. The molecule has 1 N–H and O–H groups in total. The zero-order valence-electron chi connectivity index (χ0n) is 18.6. The predicted octanol–water partition coefficient (Wildman–Crippen LogP) is 4.14. The van der Waals surface area contributed by atoms with Gasteiger partial charge in [-0.3, -0.25) is 9.69 Å². The van der Waals surface area contributed by atoms with Crippen molar-refractivity contribution in [3.8, 4) is 11.1 Å². The fourth-order valence-corrected chi connectivity index (χ4v) is 4.67. The topological polar surface area (TPSA) is 50.2 Å². The Morgan fingerprint density at radius 1 is 1.06 bits per heavy atom. The quantitative estimate of drug-likeness (QED) is 0.600. The molecule has 1 amide bonds. The van der Waals surface area contributed by atoms with E-state index in [9.17, 15) is 4.79 Å². The van der Waals surface area contributed by atoms with Gasteiger partial charge in [-0.2, -0.15) is 0 Å². The highest BCUT2D eigenvalue weighted by Crippen LogP contribution is 2.36. The Labute approximate surface area is 185 Å². The lowest BCUT2D eigenvalue weighted by Gasteiger charge is -2.28. The third-order valence-corrected chi connectivity index (χ3v) is 6.36. The second-order valence-electron chi connectivity index (χ2n) is 8.47. The molecule has 0 aliphatic carbocycles. The Kier molecular flexibility index (Phi) is 6.52. The normalized spacial score (nSPS) is 18.9. The van der Waals surface area contributed by atoms with E-state index < -0.39 is 5.41 Å². The summed E-state index contributed by atoms with van der Waals surface area (Å²) in [6.45, 7) is 8.16. The van der Waals surface area contributed by atoms with Crippen LogP contribution >= 0.6 is 0 Å². The first-order valence-electron chi connectivity index (χ1n) is 11.3. The SMILES string of the molecule is CCNC(=O)[C@]1(Cc2ccc(-c3ccccc3)cc2)CCN(Cc2nccn2CC)C1. The monoisotopic (exact) mass is 416 g/mol. The van der Waals surface area contributed by atoms with Crippen LogP contribution in [0.3, 0.4) is 0 Å². The largest absolute Gasteiger partial charge is 0.356 e. The van der Waals surface area contributed by atoms with Crippen LogP contribution in [0.5, 0.6) is 0 Å². The number of likely N-dealkylation sites (tertiary alicyclic amines) is 1. The second-order valence-corrected chi connectivity index (χ2v) is 8.47. The highest BCUT2D eigenvalue weighted by atomic mass is 16.2. The first-order valence-corrected chi connectivity index (χ1v) is 11.3. The fraction of sp³-hybridized carbons (Fsp3) is 0.385. The molecule has 0 saturated carbocycles. The van der Waals surface area contributed by atoms with Gasteiger partial charge in [0.25, 0.3) is 0 Å². The van der Waals surface area contributed by atoms with Crippen LogP contribution in [0.2, 0.25) is 0 Å². The van der Waals surface area contributed by atoms with Gasteiger partial charge in [0.1, 0.15) is 5.82 Å². The van der Waals surface area contributed by atoms with Gasteiger partial charge in [-0.15, -0.1) is 0 Å². The van der Waals surface area contributed by atoms with Crippen molar-refractivity contribution in [3.05, 3.63) is 78.4 Å². The smallest absolute Gasteiger partial charge is 0.227 e. The Balaban J connectivity index is 1.51. The van der Waals surface area contributed by atoms with Gasteiger partial charge in [0, 0.05) is 32.0 Å². The van der Waals surface area contributed by atoms with E-state index in [1.807, 2.05) is 25.4 Å². The molecule has 1 atom stereocenters. The van der Waals surface area contributed by atoms with Gasteiger partial charge in [0.2, 0.25) is 5.91 Å². The highest BCUT2D eigenvalue weighted by molar-refractivity contribution is 5.83. The van der Waals surface area contributed by atoms with Crippen molar-refractivity contribution in [2.45, 2.75) is 39.8 Å². The number of benzene rings is 2. The van der Waals surface area contributed by atoms with E-state index in [1.54, 1.807) is 0 Å². The zero-order chi connectivity index (χ0) is 21.7. The standard InChI is InChI=1S/C26H32N4O/c1-3-27-25(31)26(14-16-29(20-26)19-24-28-15-17-30(24)4-2)18-21-10-12-23(13-11-21)22-8-6-5-7-9-22/h5-13,15,17H,3-4,14,16,18-20H2,1-2H3,(H,27,31)/t26-/m0/s1. The Bertz CT molecular complexity index is 996. The average Bonchev–Trinajstić information content (AvgIpc) is 3.43. The summed E-state index contributed by atoms with van der Waals surface area (Å²) in [6, 6.07) is 19.1. The number of hydrogen-bond donors (Lipinski definition) is 1. The van der Waals surface area contributed by atoms with Crippen molar-refractivity contribution in [1.29, 1.82) is 0 Å². The van der Waals surface area contributed by atoms with Crippen LogP contribution in [0, 0.1) is 5.41 Å². The van der Waals surface area contributed by atoms with E-state index in [-0.39, 0.29) is 5.91 Å². The number of carbonyl (C=O) groups is 1. The van der Waals surface area contributed by atoms with Crippen LogP contribution in [0.1, 0.15) is 31.7 Å². The number of carbonyl (C=O) groups excluding carboxylic acids is 1. The van der Waals surface area contributed by atoms with Gasteiger partial charge in [-0.1, -0.05) is 54.6 Å². The van der Waals surface area contributed by atoms with Gasteiger partial charge in [0.15, 0.2) is 0 Å². The van der Waals surface area contributed by atoms with Crippen LogP contribution in [0.15, 0.2) is 67.0 Å². The van der Waals surface area contributed by atoms with Crippen LogP contribution < -0.4 is 5.32 Å². The molecule has 1 aliphatic rings. The number of aromatic nitrogens is 2. The van der Waals surface area contributed by atoms with E-state index in [2.05, 4.69) is 75.2 Å². The van der Waals surface area contributed by atoms with E-state index >= 15 is 0 Å². The molecule has 5 heteroatoms. The Hall–Kier alpha value is -2.92. The van der Waals surface area contributed by atoms with E-state index in [1.165, 1.54) is 16.7 Å². The maximum atomic E-state index is 13.2. The van der Waals surface area contributed by atoms with Gasteiger partial charge in [0.05, 0.1) is 12.0 Å². The minimum atomic E-state index is -0.395. The average molecular weight is 417 g/mol. The summed E-state index contributed by atoms with van der Waals surface area (Å²) >= 11 is 0. The molecule has 2 aromatic carbocycles. The maximum Gasteiger partial charge on any atom is 0.227 e. The number of imidazole rings is 1. The maximum absolute atomic E-state index is 13.2. The van der Waals surface area contributed by atoms with Gasteiger partial charge in [-0.05, 0) is 49.9 Å². The predicted molar refractivity (Wildman–Crippen MR) is 124 cm³/mol. The summed E-state index contributed by atoms with van der Waals surface area (Å²) in [6.07, 6.45) is 5.51. The van der Waals surface area contributed by atoms with Gasteiger partial charge < -0.3 is 9.88 Å². The summed E-state index contributed by atoms with van der Waals surface area (Å²) < 4.78 is 2.18. The van der Waals surface area contributed by atoms with Crippen molar-refractivity contribution in [2.75, 3.05) is 19.6 Å². The lowest BCUT2D eigenvalue weighted by atomic mass is 9.79. The molecule has 0 bridgehead atoms. The summed E-state index contributed by atoms with van der Waals surface area (Å²) in [5, 5.41) is 3.10. The highest BCUT2D eigenvalue weighted by Gasteiger charge is 2.44. The Morgan fingerprint density at radius 3 is 2.52 bits per heavy atom. The number of aryl methyl sites for hydroxylation is 1. The number of hydrogen-bond acceptors (Lipinski definition) is 3. The molecule has 0 radical (unpaired) electrons. The van der Waals surface area contributed by atoms with Crippen molar-refractivity contribution >= 4 is 5.91 Å². The molecule has 0 unspecified atom stereocenters. The molecule has 1 aliphatic heterocycles. The van der Waals surface area contributed by atoms with Crippen LogP contribution in [-0.4, -0.2) is 40.0 Å². The number of rotatable bonds is 8. The van der Waals surface area contributed by atoms with E-state index in [4.69, 9.17) is 0 Å². The molecule has 162 valence electrons. The van der Waals surface area contributed by atoms with Crippen LogP contribution in [-0.2, 0) is 24.3 Å². The zero-order valence-corrected chi connectivity index (χ0v) is 18.6. The third-order valence-electron chi connectivity index (χ3n) is 6.36. The van der Waals surface area contributed by atoms with Crippen molar-refractivity contribution in [3.63, 3.8) is 0 Å². The first kappa shape index (κ1) is 21.3. The summed E-state index contributed by atoms with van der Waals surface area (Å²) in [4.78, 5) is 20.1. The lowest BCUT2D eigenvalue weighted by Crippen LogP contribution is -2.44. The van der Waals surface area contributed by atoms with Crippen molar-refractivity contribution in [1.82, 2.24) is 19.8 Å². The molecule has 1 fully saturated rings. The first-order chi connectivity index (χ1) is 15.1. The van der Waals surface area contributed by atoms with Crippen molar-refractivity contribution in [2.24, 2.45) is 5.41 Å². The van der Waals surface area contributed by atoms with Gasteiger partial charge in [-0.25, -0.2) is 4.98 Å². The number of amides is 1. The second kappa shape index (κ2) is 9.48. The van der Waals surface area contributed by atoms with Crippen LogP contribution in [0.4, 0.5) is 0 Å². The summed E-state index contributed by atoms with van der Waals surface area (Å²) in [5.41, 5.74) is 3.23. The molecular formula is C26H32N4O. The molecule has 5 nitrogen and oxygen atoms in total. The molecule has 4 rings (SSSR count). The molecule has 3 aromatic rings. The molecule has 1 aromatic heterocycles. The minimum Gasteiger partial charge on any atom is -0.356 e. The summed E-state index contributed by atoms with van der Waals surface area (Å²) in [7, 11) is 0. The molecular weight excluding hydrogens is 384 g/mol. The Morgan fingerprint density at radius 2 is 1.81 bits per heavy atom. The fourth-order valence-electron chi connectivity index (χ4n) is 4.67. The van der Waals surface area contributed by atoms with E-state index in [0.29, 0.717) is 6.54 Å². The van der Waals surface area contributed by atoms with Gasteiger partial charge >= 0.3 is 0 Å². The third kappa shape index (κ3) is 4.72. The van der Waals surface area contributed by atoms with E-state index in [0.717, 1.165) is 44.8 Å². The van der Waals surface area contributed by atoms with Crippen LogP contribution in [0.25, 0.3) is 11.1 Å². The minimum absolute atomic E-state index is 0.170. The van der Waals surface area contributed by atoms with Crippen molar-refractivity contribution < 1.29 is 4.79 Å². The molecule has 31 heavy (non-hydrogen) atoms. The number of nitrogens with one attached hydrogen (secondary N) is 1.